The van der Waals surface area contributed by atoms with Gasteiger partial charge in [-0.25, -0.2) is 0 Å². The first-order chi connectivity index (χ1) is 27.3. The molecular weight excluding hydrogens is 683 g/mol. The number of hydrogen-bond donors (Lipinski definition) is 0. The molecular formula is C53H33NS. The molecule has 0 N–H and O–H groups in total. The van der Waals surface area contributed by atoms with Crippen LogP contribution in [-0.4, -0.2) is 0 Å². The highest BCUT2D eigenvalue weighted by Crippen LogP contribution is 2.63. The standard InChI is InChI=1S/C53H33NS/c1-2-14-34(15-3-1)35-26-28-37(29-27-35)54(49-32-36-16-4-5-17-39(36)51-44-21-9-13-25-50(44)55-52(49)51)38-30-31-43-42-20-8-12-24-47(42)53(48(43)33-38)45-22-10-6-18-40(45)41-19-7-11-23-46(41)53/h1-33H. The molecule has 9 aromatic carbocycles. The summed E-state index contributed by atoms with van der Waals surface area (Å²) in [5.74, 6) is 0. The van der Waals surface area contributed by atoms with Gasteiger partial charge in [-0.2, -0.15) is 0 Å². The van der Waals surface area contributed by atoms with Crippen LogP contribution in [0, 0.1) is 0 Å². The molecule has 55 heavy (non-hydrogen) atoms. The fraction of sp³-hybridized carbons (Fsp3) is 0.0189. The lowest BCUT2D eigenvalue weighted by molar-refractivity contribution is 0.793. The third kappa shape index (κ3) is 4.23. The molecule has 12 rings (SSSR count). The summed E-state index contributed by atoms with van der Waals surface area (Å²) in [5, 5.41) is 5.16. The average molecular weight is 716 g/mol. The van der Waals surface area contributed by atoms with Crippen LogP contribution in [0.4, 0.5) is 17.1 Å². The van der Waals surface area contributed by atoms with E-state index in [0.717, 1.165) is 11.4 Å². The minimum absolute atomic E-state index is 0.422. The third-order valence-electron chi connectivity index (χ3n) is 12.1. The minimum atomic E-state index is -0.422. The van der Waals surface area contributed by atoms with E-state index in [2.05, 4.69) is 205 Å². The van der Waals surface area contributed by atoms with E-state index in [1.807, 2.05) is 11.3 Å². The lowest BCUT2D eigenvalue weighted by atomic mass is 9.70. The molecule has 1 aromatic heterocycles. The quantitative estimate of drug-likeness (QED) is 0.175. The largest absolute Gasteiger partial charge is 0.309 e. The van der Waals surface area contributed by atoms with Gasteiger partial charge in [-0.3, -0.25) is 0 Å². The summed E-state index contributed by atoms with van der Waals surface area (Å²) in [4.78, 5) is 2.52. The van der Waals surface area contributed by atoms with E-state index in [1.54, 1.807) is 0 Å². The zero-order valence-corrected chi connectivity index (χ0v) is 30.7. The van der Waals surface area contributed by atoms with Crippen molar-refractivity contribution in [2.75, 3.05) is 4.90 Å². The molecule has 0 saturated heterocycles. The Bertz CT molecular complexity index is 3090. The van der Waals surface area contributed by atoms with E-state index in [4.69, 9.17) is 0 Å². The van der Waals surface area contributed by atoms with Crippen LogP contribution < -0.4 is 4.90 Å². The van der Waals surface area contributed by atoms with Gasteiger partial charge in [-0.05, 0) is 103 Å². The molecule has 0 unspecified atom stereocenters. The fourth-order valence-electron chi connectivity index (χ4n) is 9.81. The molecule has 1 nitrogen and oxygen atoms in total. The van der Waals surface area contributed by atoms with Gasteiger partial charge in [-0.1, -0.05) is 164 Å². The fourth-order valence-corrected chi connectivity index (χ4v) is 11.0. The first-order valence-corrected chi connectivity index (χ1v) is 19.8. The van der Waals surface area contributed by atoms with Crippen molar-refractivity contribution < 1.29 is 0 Å². The van der Waals surface area contributed by atoms with Crippen molar-refractivity contribution >= 4 is 59.3 Å². The van der Waals surface area contributed by atoms with Crippen molar-refractivity contribution in [2.45, 2.75) is 5.41 Å². The molecule has 2 heteroatoms. The van der Waals surface area contributed by atoms with Gasteiger partial charge in [0.2, 0.25) is 0 Å². The molecule has 0 fully saturated rings. The molecule has 2 aliphatic rings. The van der Waals surface area contributed by atoms with Crippen molar-refractivity contribution in [3.63, 3.8) is 0 Å². The highest BCUT2D eigenvalue weighted by Gasteiger charge is 2.51. The van der Waals surface area contributed by atoms with E-state index in [1.165, 1.54) is 92.3 Å². The molecule has 0 radical (unpaired) electrons. The van der Waals surface area contributed by atoms with Crippen LogP contribution in [0.3, 0.4) is 0 Å². The van der Waals surface area contributed by atoms with E-state index < -0.39 is 5.41 Å². The van der Waals surface area contributed by atoms with Crippen LogP contribution in [-0.2, 0) is 5.41 Å². The van der Waals surface area contributed by atoms with Crippen LogP contribution in [0.2, 0.25) is 0 Å². The normalized spacial score (nSPS) is 13.2. The highest BCUT2D eigenvalue weighted by atomic mass is 32.1. The van der Waals surface area contributed by atoms with E-state index >= 15 is 0 Å². The van der Waals surface area contributed by atoms with Crippen molar-refractivity contribution in [3.8, 4) is 33.4 Å². The maximum Gasteiger partial charge on any atom is 0.0726 e. The maximum atomic E-state index is 2.52. The molecule has 256 valence electrons. The van der Waals surface area contributed by atoms with Crippen LogP contribution in [0.15, 0.2) is 200 Å². The lowest BCUT2D eigenvalue weighted by Crippen LogP contribution is -2.26. The zero-order valence-electron chi connectivity index (χ0n) is 29.9. The van der Waals surface area contributed by atoms with Gasteiger partial charge in [0.25, 0.3) is 0 Å². The Morgan fingerprint density at radius 3 is 1.60 bits per heavy atom. The van der Waals surface area contributed by atoms with Crippen molar-refractivity contribution in [1.82, 2.24) is 0 Å². The number of nitrogens with zero attached hydrogens (tertiary/aromatic N) is 1. The number of rotatable bonds is 4. The summed E-state index contributed by atoms with van der Waals surface area (Å²) in [6.07, 6.45) is 0. The van der Waals surface area contributed by atoms with Crippen LogP contribution >= 0.6 is 11.3 Å². The predicted molar refractivity (Wildman–Crippen MR) is 233 cm³/mol. The molecule has 0 bridgehead atoms. The number of thiophene rings is 1. The van der Waals surface area contributed by atoms with E-state index in [-0.39, 0.29) is 0 Å². The van der Waals surface area contributed by atoms with Gasteiger partial charge in [0, 0.05) is 26.8 Å². The highest BCUT2D eigenvalue weighted by molar-refractivity contribution is 7.26. The first-order valence-electron chi connectivity index (χ1n) is 19.0. The lowest BCUT2D eigenvalue weighted by Gasteiger charge is -2.32. The van der Waals surface area contributed by atoms with Crippen LogP contribution in [0.5, 0.6) is 0 Å². The van der Waals surface area contributed by atoms with E-state index in [0.29, 0.717) is 0 Å². The average Bonchev–Trinajstić information content (AvgIpc) is 3.89. The first kappa shape index (κ1) is 30.7. The second-order valence-electron chi connectivity index (χ2n) is 14.8. The summed E-state index contributed by atoms with van der Waals surface area (Å²) in [6, 6.07) is 74.4. The summed E-state index contributed by atoms with van der Waals surface area (Å²) in [7, 11) is 0. The Morgan fingerprint density at radius 2 is 0.909 bits per heavy atom. The van der Waals surface area contributed by atoms with E-state index in [9.17, 15) is 0 Å². The van der Waals surface area contributed by atoms with Crippen LogP contribution in [0.1, 0.15) is 22.3 Å². The predicted octanol–water partition coefficient (Wildman–Crippen LogP) is 14.7. The third-order valence-corrected chi connectivity index (χ3v) is 13.3. The van der Waals surface area contributed by atoms with Gasteiger partial charge in [0.15, 0.2) is 0 Å². The Labute approximate surface area is 324 Å². The summed E-state index contributed by atoms with van der Waals surface area (Å²) >= 11 is 1.89. The van der Waals surface area contributed by atoms with Gasteiger partial charge in [0.1, 0.15) is 0 Å². The monoisotopic (exact) mass is 715 g/mol. The number of benzene rings is 9. The second kappa shape index (κ2) is 11.6. The van der Waals surface area contributed by atoms with Gasteiger partial charge in [0.05, 0.1) is 15.8 Å². The Hall–Kier alpha value is -6.74. The van der Waals surface area contributed by atoms with Gasteiger partial charge < -0.3 is 4.90 Å². The summed E-state index contributed by atoms with van der Waals surface area (Å²) in [6.45, 7) is 0. The molecule has 0 atom stereocenters. The number of hydrogen-bond acceptors (Lipinski definition) is 2. The molecule has 10 aromatic rings. The molecule has 2 aliphatic carbocycles. The Balaban J connectivity index is 1.16. The molecule has 1 spiro atoms. The zero-order chi connectivity index (χ0) is 36.1. The van der Waals surface area contributed by atoms with Crippen LogP contribution in [0.25, 0.3) is 64.3 Å². The SMILES string of the molecule is c1ccc(-c2ccc(N(c3ccc4c(c3)C3(c5ccccc5-c5ccccc53)c3ccccc3-4)c3cc4ccccc4c4c3sc3ccccc34)cc2)cc1. The number of anilines is 3. The molecule has 0 saturated carbocycles. The van der Waals surface area contributed by atoms with Crippen molar-refractivity contribution in [3.05, 3.63) is 222 Å². The summed E-state index contributed by atoms with van der Waals surface area (Å²) < 4.78 is 2.60. The minimum Gasteiger partial charge on any atom is -0.309 e. The number of fused-ring (bicyclic) bond motifs is 15. The smallest absolute Gasteiger partial charge is 0.0726 e. The Morgan fingerprint density at radius 1 is 0.382 bits per heavy atom. The molecule has 0 amide bonds. The molecule has 1 heterocycles. The van der Waals surface area contributed by atoms with Crippen molar-refractivity contribution in [1.29, 1.82) is 0 Å². The summed E-state index contributed by atoms with van der Waals surface area (Å²) in [5.41, 5.74) is 16.1. The maximum absolute atomic E-state index is 2.52. The molecule has 0 aliphatic heterocycles. The second-order valence-corrected chi connectivity index (χ2v) is 15.8. The van der Waals surface area contributed by atoms with Crippen molar-refractivity contribution in [2.24, 2.45) is 0 Å². The van der Waals surface area contributed by atoms with Gasteiger partial charge >= 0.3 is 0 Å². The van der Waals surface area contributed by atoms with Gasteiger partial charge in [-0.15, -0.1) is 11.3 Å². The Kier molecular flexibility index (Phi) is 6.49. The topological polar surface area (TPSA) is 3.24 Å².